The summed E-state index contributed by atoms with van der Waals surface area (Å²) in [5.41, 5.74) is 2.23. The number of hydrogen-bond donors (Lipinski definition) is 2. The summed E-state index contributed by atoms with van der Waals surface area (Å²) in [4.78, 5) is 13.2. The van der Waals surface area contributed by atoms with Crippen LogP contribution in [0.5, 0.6) is 0 Å². The first-order chi connectivity index (χ1) is 8.43. The van der Waals surface area contributed by atoms with Crippen LogP contribution in [0, 0.1) is 0 Å². The average molecular weight is 264 g/mol. The zero-order valence-electron chi connectivity index (χ0n) is 11.3. The fourth-order valence-electron chi connectivity index (χ4n) is 2.11. The second-order valence-electron chi connectivity index (χ2n) is 5.58. The van der Waals surface area contributed by atoms with E-state index in [1.807, 2.05) is 7.05 Å². The van der Waals surface area contributed by atoms with Crippen LogP contribution in [0.3, 0.4) is 0 Å². The van der Waals surface area contributed by atoms with Gasteiger partial charge >= 0.3 is 0 Å². The molecule has 1 aromatic rings. The van der Waals surface area contributed by atoms with E-state index in [1.165, 1.54) is 10.5 Å². The lowest BCUT2D eigenvalue weighted by molar-refractivity contribution is -0.115. The van der Waals surface area contributed by atoms with E-state index < -0.39 is 0 Å². The molecule has 0 radical (unpaired) electrons. The predicted molar refractivity (Wildman–Crippen MR) is 77.3 cm³/mol. The van der Waals surface area contributed by atoms with Gasteiger partial charge in [-0.1, -0.05) is 32.9 Å². The SMILES string of the molecule is CNCC1Sc2cccc(C(C)(C)C)c2NC1=O. The first-order valence-corrected chi connectivity index (χ1v) is 7.07. The molecule has 0 saturated carbocycles. The number of fused-ring (bicyclic) bond motifs is 1. The minimum atomic E-state index is -0.0438. The molecule has 1 aliphatic rings. The third-order valence-corrected chi connectivity index (χ3v) is 4.29. The van der Waals surface area contributed by atoms with Crippen LogP contribution in [0.15, 0.2) is 23.1 Å². The maximum Gasteiger partial charge on any atom is 0.239 e. The Morgan fingerprint density at radius 1 is 1.39 bits per heavy atom. The molecule has 0 spiro atoms. The van der Waals surface area contributed by atoms with E-state index in [0.717, 1.165) is 5.69 Å². The van der Waals surface area contributed by atoms with Crippen molar-refractivity contribution in [1.82, 2.24) is 5.32 Å². The molecule has 18 heavy (non-hydrogen) atoms. The van der Waals surface area contributed by atoms with Crippen molar-refractivity contribution in [3.63, 3.8) is 0 Å². The van der Waals surface area contributed by atoms with Gasteiger partial charge in [0.2, 0.25) is 5.91 Å². The van der Waals surface area contributed by atoms with Crippen molar-refractivity contribution in [2.24, 2.45) is 0 Å². The van der Waals surface area contributed by atoms with Gasteiger partial charge in [0.05, 0.1) is 5.69 Å². The van der Waals surface area contributed by atoms with Gasteiger partial charge in [0, 0.05) is 11.4 Å². The first-order valence-electron chi connectivity index (χ1n) is 6.19. The van der Waals surface area contributed by atoms with Gasteiger partial charge in [-0.05, 0) is 24.1 Å². The Labute approximate surface area is 113 Å². The standard InChI is InChI=1S/C14H20N2OS/c1-14(2,3)9-6-5-7-10-12(9)16-13(17)11(18-10)8-15-4/h5-7,11,15H,8H2,1-4H3,(H,16,17). The van der Waals surface area contributed by atoms with E-state index in [4.69, 9.17) is 0 Å². The zero-order chi connectivity index (χ0) is 13.3. The summed E-state index contributed by atoms with van der Waals surface area (Å²) in [6.45, 7) is 7.19. The molecule has 0 aliphatic carbocycles. The molecule has 1 heterocycles. The van der Waals surface area contributed by atoms with Gasteiger partial charge in [-0.2, -0.15) is 0 Å². The molecule has 0 fully saturated rings. The van der Waals surface area contributed by atoms with Gasteiger partial charge in [-0.3, -0.25) is 4.79 Å². The van der Waals surface area contributed by atoms with Gasteiger partial charge in [0.25, 0.3) is 0 Å². The van der Waals surface area contributed by atoms with Gasteiger partial charge < -0.3 is 10.6 Å². The van der Waals surface area contributed by atoms with Gasteiger partial charge in [-0.25, -0.2) is 0 Å². The van der Waals surface area contributed by atoms with Crippen molar-refractivity contribution in [3.05, 3.63) is 23.8 Å². The third kappa shape index (κ3) is 2.54. The van der Waals surface area contributed by atoms with Crippen LogP contribution in [0.2, 0.25) is 0 Å². The summed E-state index contributed by atoms with van der Waals surface area (Å²) in [6.07, 6.45) is 0. The molecule has 98 valence electrons. The fourth-order valence-corrected chi connectivity index (χ4v) is 3.27. The molecule has 2 N–H and O–H groups in total. The minimum Gasteiger partial charge on any atom is -0.324 e. The minimum absolute atomic E-state index is 0.0367. The fraction of sp³-hybridized carbons (Fsp3) is 0.500. The highest BCUT2D eigenvalue weighted by Crippen LogP contribution is 2.41. The van der Waals surface area contributed by atoms with Crippen molar-refractivity contribution in [3.8, 4) is 0 Å². The molecule has 1 unspecified atom stereocenters. The molecule has 1 aliphatic heterocycles. The van der Waals surface area contributed by atoms with Crippen LogP contribution >= 0.6 is 11.8 Å². The van der Waals surface area contributed by atoms with Crippen molar-refractivity contribution in [1.29, 1.82) is 0 Å². The predicted octanol–water partition coefficient (Wildman–Crippen LogP) is 2.62. The highest BCUT2D eigenvalue weighted by atomic mass is 32.2. The van der Waals surface area contributed by atoms with Crippen molar-refractivity contribution >= 4 is 23.4 Å². The summed E-state index contributed by atoms with van der Waals surface area (Å²) in [6, 6.07) is 6.25. The van der Waals surface area contributed by atoms with E-state index in [-0.39, 0.29) is 16.6 Å². The largest absolute Gasteiger partial charge is 0.324 e. The van der Waals surface area contributed by atoms with Crippen LogP contribution in [-0.4, -0.2) is 24.7 Å². The number of anilines is 1. The Morgan fingerprint density at radius 2 is 2.11 bits per heavy atom. The van der Waals surface area contributed by atoms with Gasteiger partial charge in [0.15, 0.2) is 0 Å². The molecule has 0 aromatic heterocycles. The van der Waals surface area contributed by atoms with Crippen LogP contribution in [-0.2, 0) is 10.2 Å². The number of rotatable bonds is 2. The van der Waals surface area contributed by atoms with Crippen LogP contribution in [0.25, 0.3) is 0 Å². The number of para-hydroxylation sites is 1. The summed E-state index contributed by atoms with van der Waals surface area (Å²) in [5.74, 6) is 0.0959. The lowest BCUT2D eigenvalue weighted by Crippen LogP contribution is -2.37. The zero-order valence-corrected chi connectivity index (χ0v) is 12.1. The third-order valence-electron chi connectivity index (χ3n) is 3.03. The number of nitrogens with one attached hydrogen (secondary N) is 2. The maximum absolute atomic E-state index is 12.1. The Hall–Kier alpha value is -1.00. The highest BCUT2D eigenvalue weighted by Gasteiger charge is 2.30. The molecular weight excluding hydrogens is 244 g/mol. The Kier molecular flexibility index (Phi) is 3.69. The molecule has 2 rings (SSSR count). The van der Waals surface area contributed by atoms with Crippen molar-refractivity contribution in [2.45, 2.75) is 36.3 Å². The highest BCUT2D eigenvalue weighted by molar-refractivity contribution is 8.01. The van der Waals surface area contributed by atoms with E-state index in [0.29, 0.717) is 6.54 Å². The quantitative estimate of drug-likeness (QED) is 0.862. The Morgan fingerprint density at radius 3 is 2.72 bits per heavy atom. The Bertz CT molecular complexity index is 465. The topological polar surface area (TPSA) is 41.1 Å². The van der Waals surface area contributed by atoms with E-state index in [2.05, 4.69) is 49.6 Å². The van der Waals surface area contributed by atoms with Crippen molar-refractivity contribution in [2.75, 3.05) is 18.9 Å². The summed E-state index contributed by atoms with van der Waals surface area (Å²) >= 11 is 1.65. The van der Waals surface area contributed by atoms with Crippen LogP contribution in [0.1, 0.15) is 26.3 Å². The van der Waals surface area contributed by atoms with Crippen molar-refractivity contribution < 1.29 is 4.79 Å². The second kappa shape index (κ2) is 4.94. The number of amides is 1. The number of carbonyl (C=O) groups is 1. The molecule has 0 bridgehead atoms. The number of hydrogen-bond acceptors (Lipinski definition) is 3. The van der Waals surface area contributed by atoms with Crippen LogP contribution in [0.4, 0.5) is 5.69 Å². The van der Waals surface area contributed by atoms with E-state index in [9.17, 15) is 4.79 Å². The monoisotopic (exact) mass is 264 g/mol. The number of carbonyl (C=O) groups excluding carboxylic acids is 1. The molecule has 1 amide bonds. The van der Waals surface area contributed by atoms with Gasteiger partial charge in [-0.15, -0.1) is 11.8 Å². The average Bonchev–Trinajstić information content (AvgIpc) is 2.28. The first kappa shape index (κ1) is 13.4. The second-order valence-corrected chi connectivity index (χ2v) is 6.83. The Balaban J connectivity index is 2.39. The molecule has 1 aromatic carbocycles. The molecule has 4 heteroatoms. The van der Waals surface area contributed by atoms with E-state index in [1.54, 1.807) is 11.8 Å². The maximum atomic E-state index is 12.1. The lowest BCUT2D eigenvalue weighted by atomic mass is 9.85. The lowest BCUT2D eigenvalue weighted by Gasteiger charge is -2.30. The summed E-state index contributed by atoms with van der Waals surface area (Å²) in [7, 11) is 1.87. The summed E-state index contributed by atoms with van der Waals surface area (Å²) < 4.78 is 0. The van der Waals surface area contributed by atoms with Crippen LogP contribution < -0.4 is 10.6 Å². The molecule has 1 atom stereocenters. The van der Waals surface area contributed by atoms with Gasteiger partial charge in [0.1, 0.15) is 5.25 Å². The molecule has 0 saturated heterocycles. The smallest absolute Gasteiger partial charge is 0.239 e. The molecule has 3 nitrogen and oxygen atoms in total. The summed E-state index contributed by atoms with van der Waals surface area (Å²) in [5, 5.41) is 6.09. The number of benzene rings is 1. The van der Waals surface area contributed by atoms with E-state index >= 15 is 0 Å². The normalized spacial score (nSPS) is 19.3. The number of thioether (sulfide) groups is 1. The molecular formula is C14H20N2OS.